The van der Waals surface area contributed by atoms with Crippen molar-refractivity contribution in [3.05, 3.63) is 35.4 Å². The number of aryl methyl sites for hydroxylation is 1. The van der Waals surface area contributed by atoms with Gasteiger partial charge in [-0.25, -0.2) is 0 Å². The minimum atomic E-state index is -0.116. The SMILES string of the molecule is CC.CCOC=O.CSCCC(NCC1CO1)C(=O)NCCc1ccc(C)cc1. The molecule has 1 aliphatic rings. The normalized spacial score (nSPS) is 15.0. The van der Waals surface area contributed by atoms with Crippen LogP contribution >= 0.6 is 11.8 Å². The molecule has 1 saturated heterocycles. The lowest BCUT2D eigenvalue weighted by molar-refractivity contribution is -0.128. The van der Waals surface area contributed by atoms with Crippen LogP contribution < -0.4 is 10.6 Å². The molecule has 0 aliphatic carbocycles. The summed E-state index contributed by atoms with van der Waals surface area (Å²) in [6.45, 7) is 11.0. The molecule has 2 rings (SSSR count). The number of nitrogens with one attached hydrogen (secondary N) is 2. The Morgan fingerprint density at radius 1 is 1.34 bits per heavy atom. The number of thioether (sulfide) groups is 1. The van der Waals surface area contributed by atoms with Crippen molar-refractivity contribution in [1.29, 1.82) is 0 Å². The van der Waals surface area contributed by atoms with E-state index in [4.69, 9.17) is 4.74 Å². The number of benzene rings is 1. The predicted octanol–water partition coefficient (Wildman–Crippen LogP) is 2.97. The van der Waals surface area contributed by atoms with E-state index < -0.39 is 0 Å². The molecule has 0 radical (unpaired) electrons. The van der Waals surface area contributed by atoms with E-state index in [0.29, 0.717) is 25.7 Å². The van der Waals surface area contributed by atoms with Crippen LogP contribution in [0.25, 0.3) is 0 Å². The zero-order valence-electron chi connectivity index (χ0n) is 18.5. The molecule has 0 spiro atoms. The number of carbonyl (C=O) groups excluding carboxylic acids is 2. The van der Waals surface area contributed by atoms with Gasteiger partial charge < -0.3 is 20.1 Å². The Morgan fingerprint density at radius 2 is 2.00 bits per heavy atom. The quantitative estimate of drug-likeness (QED) is 0.395. The zero-order valence-corrected chi connectivity index (χ0v) is 19.3. The zero-order chi connectivity index (χ0) is 21.9. The second kappa shape index (κ2) is 18.5. The van der Waals surface area contributed by atoms with Crippen LogP contribution in [0.3, 0.4) is 0 Å². The Balaban J connectivity index is 0.000000977. The molecule has 2 unspecified atom stereocenters. The molecule has 1 aromatic rings. The van der Waals surface area contributed by atoms with E-state index in [0.717, 1.165) is 31.7 Å². The first kappa shape index (κ1) is 27.4. The molecule has 2 atom stereocenters. The highest BCUT2D eigenvalue weighted by Crippen LogP contribution is 2.08. The molecule has 6 nitrogen and oxygen atoms in total. The number of hydrogen-bond acceptors (Lipinski definition) is 6. The van der Waals surface area contributed by atoms with E-state index in [-0.39, 0.29) is 11.9 Å². The fourth-order valence-electron chi connectivity index (χ4n) is 2.30. The van der Waals surface area contributed by atoms with Crippen LogP contribution in [0.5, 0.6) is 0 Å². The topological polar surface area (TPSA) is 80.0 Å². The van der Waals surface area contributed by atoms with Crippen LogP contribution in [0.15, 0.2) is 24.3 Å². The molecule has 7 heteroatoms. The van der Waals surface area contributed by atoms with E-state index >= 15 is 0 Å². The minimum absolute atomic E-state index is 0.0989. The Hall–Kier alpha value is -1.57. The van der Waals surface area contributed by atoms with Crippen molar-refractivity contribution in [2.75, 3.05) is 38.3 Å². The second-order valence-corrected chi connectivity index (χ2v) is 7.26. The van der Waals surface area contributed by atoms with Crippen LogP contribution in [0.2, 0.25) is 0 Å². The first-order valence-corrected chi connectivity index (χ1v) is 11.7. The molecule has 0 aromatic heterocycles. The second-order valence-electron chi connectivity index (χ2n) is 6.28. The van der Waals surface area contributed by atoms with Gasteiger partial charge in [-0.15, -0.1) is 0 Å². The number of hydrogen-bond donors (Lipinski definition) is 2. The lowest BCUT2D eigenvalue weighted by Gasteiger charge is -2.17. The summed E-state index contributed by atoms with van der Waals surface area (Å²) in [6.07, 6.45) is 4.09. The third-order valence-electron chi connectivity index (χ3n) is 3.99. The highest BCUT2D eigenvalue weighted by Gasteiger charge is 2.25. The van der Waals surface area contributed by atoms with Gasteiger partial charge in [-0.2, -0.15) is 11.8 Å². The van der Waals surface area contributed by atoms with E-state index in [1.54, 1.807) is 18.7 Å². The number of rotatable bonds is 12. The van der Waals surface area contributed by atoms with Gasteiger partial charge in [0.2, 0.25) is 5.91 Å². The van der Waals surface area contributed by atoms with Crippen LogP contribution in [0.1, 0.15) is 38.3 Å². The van der Waals surface area contributed by atoms with Crippen molar-refractivity contribution in [3.8, 4) is 0 Å². The monoisotopic (exact) mass is 426 g/mol. The van der Waals surface area contributed by atoms with Crippen molar-refractivity contribution in [2.45, 2.75) is 52.7 Å². The van der Waals surface area contributed by atoms with Gasteiger partial charge >= 0.3 is 0 Å². The van der Waals surface area contributed by atoms with Crippen LogP contribution in [-0.2, 0) is 25.5 Å². The van der Waals surface area contributed by atoms with Crippen molar-refractivity contribution >= 4 is 24.1 Å². The maximum Gasteiger partial charge on any atom is 0.293 e. The summed E-state index contributed by atoms with van der Waals surface area (Å²) in [5.41, 5.74) is 2.52. The predicted molar refractivity (Wildman–Crippen MR) is 121 cm³/mol. The number of carbonyl (C=O) groups is 2. The Bertz CT molecular complexity index is 536. The molecule has 0 bridgehead atoms. The number of ether oxygens (including phenoxy) is 2. The lowest BCUT2D eigenvalue weighted by Crippen LogP contribution is -2.46. The molecule has 1 amide bonds. The Morgan fingerprint density at radius 3 is 2.48 bits per heavy atom. The third-order valence-corrected chi connectivity index (χ3v) is 4.63. The van der Waals surface area contributed by atoms with Gasteiger partial charge in [-0.1, -0.05) is 43.7 Å². The summed E-state index contributed by atoms with van der Waals surface area (Å²) in [5.74, 6) is 1.08. The maximum atomic E-state index is 12.3. The molecule has 29 heavy (non-hydrogen) atoms. The van der Waals surface area contributed by atoms with Gasteiger partial charge in [0.05, 0.1) is 25.4 Å². The molecule has 0 saturated carbocycles. The van der Waals surface area contributed by atoms with E-state index in [1.807, 2.05) is 13.8 Å². The maximum absolute atomic E-state index is 12.3. The fourth-order valence-corrected chi connectivity index (χ4v) is 2.77. The minimum Gasteiger partial charge on any atom is -0.468 e. The molecular formula is C22H38N2O4S. The number of epoxide rings is 1. The fraction of sp³-hybridized carbons (Fsp3) is 0.636. The van der Waals surface area contributed by atoms with Gasteiger partial charge in [0.15, 0.2) is 0 Å². The molecule has 1 aliphatic heterocycles. The highest BCUT2D eigenvalue weighted by atomic mass is 32.2. The summed E-state index contributed by atoms with van der Waals surface area (Å²) in [6, 6.07) is 8.34. The van der Waals surface area contributed by atoms with Gasteiger partial charge in [0.1, 0.15) is 0 Å². The third kappa shape index (κ3) is 15.0. The lowest BCUT2D eigenvalue weighted by atomic mass is 10.1. The highest BCUT2D eigenvalue weighted by molar-refractivity contribution is 7.98. The molecule has 166 valence electrons. The van der Waals surface area contributed by atoms with Crippen molar-refractivity contribution in [3.63, 3.8) is 0 Å². The molecular weight excluding hydrogens is 388 g/mol. The summed E-state index contributed by atoms with van der Waals surface area (Å²) in [7, 11) is 0. The van der Waals surface area contributed by atoms with Crippen molar-refractivity contribution in [1.82, 2.24) is 10.6 Å². The van der Waals surface area contributed by atoms with Gasteiger partial charge in [-0.05, 0) is 44.3 Å². The molecule has 1 aromatic carbocycles. The largest absolute Gasteiger partial charge is 0.468 e. The standard InChI is InChI=1S/C17H26N2O2S.C3H6O2.C2H6/c1-13-3-5-14(6-4-13)7-9-18-17(20)16(8-10-22-2)19-11-15-12-21-15;1-2-5-3-4;1-2/h3-6,15-16,19H,7-12H2,1-2H3,(H,18,20);3H,2H2,1H3;1-2H3. The van der Waals surface area contributed by atoms with Crippen molar-refractivity contribution in [2.24, 2.45) is 0 Å². The van der Waals surface area contributed by atoms with E-state index in [1.165, 1.54) is 11.1 Å². The molecule has 1 heterocycles. The Labute approximate surface area is 180 Å². The summed E-state index contributed by atoms with van der Waals surface area (Å²) < 4.78 is 9.35. The summed E-state index contributed by atoms with van der Waals surface area (Å²) in [5, 5.41) is 6.37. The van der Waals surface area contributed by atoms with Gasteiger partial charge in [0.25, 0.3) is 6.47 Å². The average molecular weight is 427 g/mol. The van der Waals surface area contributed by atoms with Crippen LogP contribution in [-0.4, -0.2) is 62.8 Å². The van der Waals surface area contributed by atoms with E-state index in [9.17, 15) is 9.59 Å². The Kier molecular flexibility index (Phi) is 17.5. The first-order valence-electron chi connectivity index (χ1n) is 10.3. The van der Waals surface area contributed by atoms with Crippen molar-refractivity contribution < 1.29 is 19.1 Å². The van der Waals surface area contributed by atoms with Gasteiger partial charge in [-0.3, -0.25) is 9.59 Å². The van der Waals surface area contributed by atoms with E-state index in [2.05, 4.69) is 52.8 Å². The van der Waals surface area contributed by atoms with Crippen LogP contribution in [0, 0.1) is 6.92 Å². The summed E-state index contributed by atoms with van der Waals surface area (Å²) >= 11 is 1.77. The number of amides is 1. The summed E-state index contributed by atoms with van der Waals surface area (Å²) in [4.78, 5) is 21.5. The molecule has 2 N–H and O–H groups in total. The van der Waals surface area contributed by atoms with Crippen LogP contribution in [0.4, 0.5) is 0 Å². The van der Waals surface area contributed by atoms with Gasteiger partial charge in [0, 0.05) is 13.1 Å². The molecule has 1 fully saturated rings. The average Bonchev–Trinajstić information content (AvgIpc) is 3.56. The smallest absolute Gasteiger partial charge is 0.293 e. The first-order chi connectivity index (χ1) is 14.1.